The number of hydrogen-bond acceptors (Lipinski definition) is 4. The average molecular weight is 302 g/mol. The molecule has 2 rings (SSSR count). The van der Waals surface area contributed by atoms with Gasteiger partial charge in [-0.25, -0.2) is 4.98 Å². The van der Waals surface area contributed by atoms with Crippen molar-refractivity contribution in [2.45, 2.75) is 26.8 Å². The second-order valence-electron chi connectivity index (χ2n) is 4.98. The molecule has 7 nitrogen and oxygen atoms in total. The monoisotopic (exact) mass is 302 g/mol. The molecule has 0 unspecified atom stereocenters. The normalized spacial score (nSPS) is 10.5. The van der Waals surface area contributed by atoms with Crippen molar-refractivity contribution in [1.82, 2.24) is 19.9 Å². The van der Waals surface area contributed by atoms with Crippen LogP contribution < -0.4 is 16.4 Å². The molecule has 116 valence electrons. The SMILES string of the molecule is Cc1ncc(C(=O)NCCCn2c(C)cccc2=O)c(=O)[nH]1. The molecule has 0 atom stereocenters. The van der Waals surface area contributed by atoms with E-state index in [1.807, 2.05) is 13.0 Å². The van der Waals surface area contributed by atoms with Gasteiger partial charge in [0.05, 0.1) is 0 Å². The number of H-pyrrole nitrogens is 1. The minimum atomic E-state index is -0.467. The Hall–Kier alpha value is -2.70. The van der Waals surface area contributed by atoms with E-state index in [1.54, 1.807) is 17.6 Å². The molecule has 2 heterocycles. The van der Waals surface area contributed by atoms with Gasteiger partial charge in [-0.3, -0.25) is 14.4 Å². The Morgan fingerprint density at radius 1 is 1.32 bits per heavy atom. The summed E-state index contributed by atoms with van der Waals surface area (Å²) in [6.07, 6.45) is 1.85. The van der Waals surface area contributed by atoms with Crippen LogP contribution in [0.15, 0.2) is 34.0 Å². The van der Waals surface area contributed by atoms with E-state index < -0.39 is 11.5 Å². The second kappa shape index (κ2) is 6.84. The zero-order valence-corrected chi connectivity index (χ0v) is 12.5. The van der Waals surface area contributed by atoms with Crippen molar-refractivity contribution in [3.63, 3.8) is 0 Å². The topological polar surface area (TPSA) is 96.8 Å². The summed E-state index contributed by atoms with van der Waals surface area (Å²) in [5, 5.41) is 2.65. The van der Waals surface area contributed by atoms with Gasteiger partial charge in [0.15, 0.2) is 0 Å². The van der Waals surface area contributed by atoms with Crippen LogP contribution in [0.25, 0.3) is 0 Å². The minimum absolute atomic E-state index is 0.0151. The van der Waals surface area contributed by atoms with Gasteiger partial charge < -0.3 is 14.9 Å². The highest BCUT2D eigenvalue weighted by molar-refractivity contribution is 5.93. The third-order valence-electron chi connectivity index (χ3n) is 3.28. The summed E-state index contributed by atoms with van der Waals surface area (Å²) in [7, 11) is 0. The molecule has 2 N–H and O–H groups in total. The molecule has 0 fully saturated rings. The molecular formula is C15H18N4O3. The molecule has 0 radical (unpaired) electrons. The molecule has 0 bridgehead atoms. The molecule has 2 aromatic heterocycles. The van der Waals surface area contributed by atoms with Crippen LogP contribution in [0.1, 0.15) is 28.3 Å². The maximum Gasteiger partial charge on any atom is 0.263 e. The van der Waals surface area contributed by atoms with E-state index in [0.717, 1.165) is 5.69 Å². The predicted molar refractivity (Wildman–Crippen MR) is 82.0 cm³/mol. The highest BCUT2D eigenvalue weighted by Gasteiger charge is 2.10. The lowest BCUT2D eigenvalue weighted by atomic mass is 10.3. The Balaban J connectivity index is 1.90. The summed E-state index contributed by atoms with van der Waals surface area (Å²) in [6.45, 7) is 4.38. The van der Waals surface area contributed by atoms with Crippen molar-refractivity contribution in [2.75, 3.05) is 6.54 Å². The standard InChI is InChI=1S/C15H18N4O3/c1-10-5-3-6-13(20)19(10)8-4-7-16-14(21)12-9-17-11(2)18-15(12)22/h3,5-6,9H,4,7-8H2,1-2H3,(H,16,21)(H,17,18,22). The number of hydrogen-bond donors (Lipinski definition) is 2. The summed E-state index contributed by atoms with van der Waals surface area (Å²) in [5.74, 6) is -0.00800. The smallest absolute Gasteiger partial charge is 0.263 e. The summed E-state index contributed by atoms with van der Waals surface area (Å²) in [5.41, 5.74) is 0.335. The summed E-state index contributed by atoms with van der Waals surface area (Å²) in [4.78, 5) is 41.6. The van der Waals surface area contributed by atoms with E-state index in [2.05, 4.69) is 15.3 Å². The molecule has 0 saturated carbocycles. The van der Waals surface area contributed by atoms with Crippen LogP contribution in [0.2, 0.25) is 0 Å². The molecule has 7 heteroatoms. The molecule has 22 heavy (non-hydrogen) atoms. The molecule has 1 amide bonds. The number of carbonyl (C=O) groups excluding carboxylic acids is 1. The quantitative estimate of drug-likeness (QED) is 0.780. The first-order valence-corrected chi connectivity index (χ1v) is 6.99. The van der Waals surface area contributed by atoms with Gasteiger partial charge in [0, 0.05) is 31.0 Å². The van der Waals surface area contributed by atoms with E-state index in [1.165, 1.54) is 12.3 Å². The van der Waals surface area contributed by atoms with Crippen LogP contribution in [0.3, 0.4) is 0 Å². The lowest BCUT2D eigenvalue weighted by molar-refractivity contribution is 0.0950. The van der Waals surface area contributed by atoms with Gasteiger partial charge >= 0.3 is 0 Å². The summed E-state index contributed by atoms with van der Waals surface area (Å²) >= 11 is 0. The predicted octanol–water partition coefficient (Wildman–Crippen LogP) is 0.369. The Kier molecular flexibility index (Phi) is 4.88. The lowest BCUT2D eigenvalue weighted by Crippen LogP contribution is -2.32. The zero-order valence-electron chi connectivity index (χ0n) is 12.5. The number of nitrogens with zero attached hydrogens (tertiary/aromatic N) is 2. The highest BCUT2D eigenvalue weighted by atomic mass is 16.2. The van der Waals surface area contributed by atoms with Crippen LogP contribution in [0.4, 0.5) is 0 Å². The van der Waals surface area contributed by atoms with Crippen LogP contribution >= 0.6 is 0 Å². The largest absolute Gasteiger partial charge is 0.352 e. The Morgan fingerprint density at radius 2 is 2.09 bits per heavy atom. The van der Waals surface area contributed by atoms with Crippen molar-refractivity contribution < 1.29 is 4.79 Å². The fourth-order valence-corrected chi connectivity index (χ4v) is 2.09. The van der Waals surface area contributed by atoms with Crippen molar-refractivity contribution in [2.24, 2.45) is 0 Å². The first-order valence-electron chi connectivity index (χ1n) is 6.99. The molecule has 2 aromatic rings. The first-order chi connectivity index (χ1) is 10.5. The van der Waals surface area contributed by atoms with E-state index in [9.17, 15) is 14.4 Å². The van der Waals surface area contributed by atoms with Gasteiger partial charge in [-0.2, -0.15) is 0 Å². The third-order valence-corrected chi connectivity index (χ3v) is 3.28. The molecule has 0 aliphatic rings. The number of amides is 1. The molecular weight excluding hydrogens is 284 g/mol. The van der Waals surface area contributed by atoms with Gasteiger partial charge in [0.25, 0.3) is 17.0 Å². The molecule has 0 saturated heterocycles. The van der Waals surface area contributed by atoms with Crippen molar-refractivity contribution >= 4 is 5.91 Å². The number of aromatic amines is 1. The van der Waals surface area contributed by atoms with E-state index in [4.69, 9.17) is 0 Å². The Bertz CT molecular complexity index is 792. The fourth-order valence-electron chi connectivity index (χ4n) is 2.09. The fraction of sp³-hybridized carbons (Fsp3) is 0.333. The summed E-state index contributed by atoms with van der Waals surface area (Å²) in [6, 6.07) is 5.08. The number of aryl methyl sites for hydroxylation is 2. The van der Waals surface area contributed by atoms with E-state index in [0.29, 0.717) is 25.3 Å². The molecule has 0 aliphatic heterocycles. The maximum absolute atomic E-state index is 11.9. The van der Waals surface area contributed by atoms with Crippen molar-refractivity contribution in [1.29, 1.82) is 0 Å². The Labute approximate surface area is 127 Å². The number of pyridine rings is 1. The molecule has 0 spiro atoms. The number of aromatic nitrogens is 3. The van der Waals surface area contributed by atoms with Crippen LogP contribution in [-0.2, 0) is 6.54 Å². The van der Waals surface area contributed by atoms with Crippen LogP contribution in [0, 0.1) is 13.8 Å². The van der Waals surface area contributed by atoms with Gasteiger partial charge in [-0.15, -0.1) is 0 Å². The maximum atomic E-state index is 11.9. The van der Waals surface area contributed by atoms with Gasteiger partial charge in [-0.1, -0.05) is 6.07 Å². The third kappa shape index (κ3) is 3.69. The van der Waals surface area contributed by atoms with Crippen LogP contribution in [0.5, 0.6) is 0 Å². The van der Waals surface area contributed by atoms with Gasteiger partial charge in [-0.05, 0) is 26.3 Å². The van der Waals surface area contributed by atoms with Crippen molar-refractivity contribution in [3.8, 4) is 0 Å². The first kappa shape index (κ1) is 15.7. The average Bonchev–Trinajstić information content (AvgIpc) is 2.45. The lowest BCUT2D eigenvalue weighted by Gasteiger charge is -2.09. The molecule has 0 aromatic carbocycles. The van der Waals surface area contributed by atoms with Gasteiger partial charge in [0.1, 0.15) is 11.4 Å². The second-order valence-corrected chi connectivity index (χ2v) is 4.98. The number of nitrogens with one attached hydrogen (secondary N) is 2. The highest BCUT2D eigenvalue weighted by Crippen LogP contribution is 1.95. The Morgan fingerprint density at radius 3 is 2.77 bits per heavy atom. The van der Waals surface area contributed by atoms with Crippen molar-refractivity contribution in [3.05, 3.63) is 62.2 Å². The zero-order chi connectivity index (χ0) is 16.1. The molecule has 0 aliphatic carbocycles. The number of carbonyl (C=O) groups is 1. The number of rotatable bonds is 5. The van der Waals surface area contributed by atoms with Crippen LogP contribution in [-0.4, -0.2) is 27.0 Å². The minimum Gasteiger partial charge on any atom is -0.352 e. The summed E-state index contributed by atoms with van der Waals surface area (Å²) < 4.78 is 1.65. The van der Waals surface area contributed by atoms with Gasteiger partial charge in [0.2, 0.25) is 0 Å². The van der Waals surface area contributed by atoms with E-state index in [-0.39, 0.29) is 11.1 Å². The van der Waals surface area contributed by atoms with E-state index >= 15 is 0 Å².